The van der Waals surface area contributed by atoms with E-state index in [1.807, 2.05) is 0 Å². The molecule has 2 aromatic rings. The summed E-state index contributed by atoms with van der Waals surface area (Å²) in [6, 6.07) is 5.03. The Morgan fingerprint density at radius 2 is 2.14 bits per heavy atom. The Hall–Kier alpha value is -2.21. The standard InChI is InChI=1S/C15H16ClN3O3/c1-3-21-15(20)7-4-11-8-14(19-10(2)18-11)22-12-5-6-13(16)17-9-12/h5-6,8-9H,3-4,7H2,1-2H3. The first-order chi connectivity index (χ1) is 10.6. The van der Waals surface area contributed by atoms with Gasteiger partial charge in [0.1, 0.15) is 16.7 Å². The number of rotatable bonds is 6. The van der Waals surface area contributed by atoms with Crippen molar-refractivity contribution in [2.24, 2.45) is 0 Å². The van der Waals surface area contributed by atoms with E-state index in [4.69, 9.17) is 21.1 Å². The van der Waals surface area contributed by atoms with Crippen molar-refractivity contribution in [3.63, 3.8) is 0 Å². The van der Waals surface area contributed by atoms with Gasteiger partial charge in [-0.1, -0.05) is 11.6 Å². The number of hydrogen-bond donors (Lipinski definition) is 0. The van der Waals surface area contributed by atoms with Gasteiger partial charge >= 0.3 is 5.97 Å². The SMILES string of the molecule is CCOC(=O)CCc1cc(Oc2ccc(Cl)nc2)nc(C)n1. The Morgan fingerprint density at radius 1 is 1.32 bits per heavy atom. The third kappa shape index (κ3) is 4.96. The number of ether oxygens (including phenoxy) is 2. The van der Waals surface area contributed by atoms with Crippen LogP contribution >= 0.6 is 11.6 Å². The number of aromatic nitrogens is 3. The number of aryl methyl sites for hydroxylation is 2. The van der Waals surface area contributed by atoms with E-state index in [9.17, 15) is 4.79 Å². The smallest absolute Gasteiger partial charge is 0.306 e. The summed E-state index contributed by atoms with van der Waals surface area (Å²) in [6.07, 6.45) is 2.25. The number of esters is 1. The molecule has 0 saturated carbocycles. The average molecular weight is 322 g/mol. The monoisotopic (exact) mass is 321 g/mol. The first-order valence-corrected chi connectivity index (χ1v) is 7.24. The molecule has 0 aliphatic carbocycles. The van der Waals surface area contributed by atoms with Gasteiger partial charge in [-0.15, -0.1) is 0 Å². The van der Waals surface area contributed by atoms with Gasteiger partial charge in [0.05, 0.1) is 19.2 Å². The fraction of sp³-hybridized carbons (Fsp3) is 0.333. The minimum atomic E-state index is -0.247. The van der Waals surface area contributed by atoms with Gasteiger partial charge < -0.3 is 9.47 Å². The predicted molar refractivity (Wildman–Crippen MR) is 81.0 cm³/mol. The topological polar surface area (TPSA) is 74.2 Å². The van der Waals surface area contributed by atoms with Crippen molar-refractivity contribution in [3.8, 4) is 11.6 Å². The van der Waals surface area contributed by atoms with Gasteiger partial charge in [-0.05, 0) is 26.0 Å². The quantitative estimate of drug-likeness (QED) is 0.601. The van der Waals surface area contributed by atoms with Crippen molar-refractivity contribution < 1.29 is 14.3 Å². The van der Waals surface area contributed by atoms with Gasteiger partial charge in [-0.25, -0.2) is 9.97 Å². The van der Waals surface area contributed by atoms with Gasteiger partial charge in [-0.3, -0.25) is 4.79 Å². The molecule has 0 spiro atoms. The van der Waals surface area contributed by atoms with Crippen molar-refractivity contribution in [1.82, 2.24) is 15.0 Å². The van der Waals surface area contributed by atoms with Crippen LogP contribution in [-0.2, 0) is 16.0 Å². The summed E-state index contributed by atoms with van der Waals surface area (Å²) in [5.74, 6) is 1.25. The molecule has 0 bridgehead atoms. The maximum atomic E-state index is 11.4. The summed E-state index contributed by atoms with van der Waals surface area (Å²) in [6.45, 7) is 3.92. The largest absolute Gasteiger partial charge is 0.466 e. The Kier molecular flexibility index (Phi) is 5.66. The fourth-order valence-electron chi connectivity index (χ4n) is 1.79. The normalized spacial score (nSPS) is 10.3. The van der Waals surface area contributed by atoms with Crippen LogP contribution in [-0.4, -0.2) is 27.5 Å². The van der Waals surface area contributed by atoms with Crippen LogP contribution in [0.25, 0.3) is 0 Å². The van der Waals surface area contributed by atoms with Crippen LogP contribution in [0.1, 0.15) is 24.9 Å². The molecule has 0 aliphatic heterocycles. The lowest BCUT2D eigenvalue weighted by atomic mass is 10.2. The van der Waals surface area contributed by atoms with Crippen molar-refractivity contribution in [2.45, 2.75) is 26.7 Å². The molecule has 0 unspecified atom stereocenters. The van der Waals surface area contributed by atoms with E-state index in [0.717, 1.165) is 5.69 Å². The first kappa shape index (κ1) is 16.2. The fourth-order valence-corrected chi connectivity index (χ4v) is 1.90. The first-order valence-electron chi connectivity index (χ1n) is 6.86. The molecule has 2 rings (SSSR count). The third-order valence-electron chi connectivity index (χ3n) is 2.68. The summed E-state index contributed by atoms with van der Waals surface area (Å²) < 4.78 is 10.5. The zero-order valence-corrected chi connectivity index (χ0v) is 13.1. The number of hydrogen-bond acceptors (Lipinski definition) is 6. The molecule has 6 nitrogen and oxygen atoms in total. The lowest BCUT2D eigenvalue weighted by molar-refractivity contribution is -0.143. The maximum absolute atomic E-state index is 11.4. The van der Waals surface area contributed by atoms with E-state index in [-0.39, 0.29) is 12.4 Å². The summed E-state index contributed by atoms with van der Waals surface area (Å²) in [7, 11) is 0. The minimum absolute atomic E-state index is 0.247. The van der Waals surface area contributed by atoms with E-state index in [1.54, 1.807) is 32.0 Å². The van der Waals surface area contributed by atoms with Crippen LogP contribution < -0.4 is 4.74 Å². The molecule has 2 heterocycles. The van der Waals surface area contributed by atoms with Gasteiger partial charge in [0.15, 0.2) is 0 Å². The molecule has 22 heavy (non-hydrogen) atoms. The van der Waals surface area contributed by atoms with E-state index in [0.29, 0.717) is 35.6 Å². The molecule has 2 aromatic heterocycles. The second-order valence-electron chi connectivity index (χ2n) is 4.47. The lowest BCUT2D eigenvalue weighted by Crippen LogP contribution is -2.07. The summed E-state index contributed by atoms with van der Waals surface area (Å²) >= 11 is 5.73. The van der Waals surface area contributed by atoms with Crippen molar-refractivity contribution >= 4 is 17.6 Å². The number of nitrogens with zero attached hydrogens (tertiary/aromatic N) is 3. The van der Waals surface area contributed by atoms with Crippen molar-refractivity contribution in [2.75, 3.05) is 6.61 Å². The molecular weight excluding hydrogens is 306 g/mol. The van der Waals surface area contributed by atoms with Crippen LogP contribution in [0.3, 0.4) is 0 Å². The molecule has 0 atom stereocenters. The number of carbonyl (C=O) groups is 1. The van der Waals surface area contributed by atoms with Crippen LogP contribution in [0.4, 0.5) is 0 Å². The summed E-state index contributed by atoms with van der Waals surface area (Å²) in [4.78, 5) is 23.8. The molecule has 116 valence electrons. The number of halogens is 1. The highest BCUT2D eigenvalue weighted by molar-refractivity contribution is 6.29. The Labute approximate surface area is 133 Å². The van der Waals surface area contributed by atoms with E-state index in [2.05, 4.69) is 15.0 Å². The van der Waals surface area contributed by atoms with Gasteiger partial charge in [0.2, 0.25) is 5.88 Å². The molecule has 0 N–H and O–H groups in total. The van der Waals surface area contributed by atoms with Crippen LogP contribution in [0.5, 0.6) is 11.6 Å². The third-order valence-corrected chi connectivity index (χ3v) is 2.90. The molecule has 0 fully saturated rings. The van der Waals surface area contributed by atoms with Gasteiger partial charge in [-0.2, -0.15) is 4.98 Å². The van der Waals surface area contributed by atoms with Gasteiger partial charge in [0, 0.05) is 18.2 Å². The Morgan fingerprint density at radius 3 is 2.82 bits per heavy atom. The number of pyridine rings is 1. The molecule has 7 heteroatoms. The van der Waals surface area contributed by atoms with Crippen molar-refractivity contribution in [3.05, 3.63) is 41.1 Å². The van der Waals surface area contributed by atoms with E-state index in [1.165, 1.54) is 6.20 Å². The molecule has 0 amide bonds. The van der Waals surface area contributed by atoms with Gasteiger partial charge in [0.25, 0.3) is 0 Å². The highest BCUT2D eigenvalue weighted by Gasteiger charge is 2.08. The summed E-state index contributed by atoms with van der Waals surface area (Å²) in [5.41, 5.74) is 0.720. The Bertz CT molecular complexity index is 647. The Balaban J connectivity index is 2.06. The molecule has 0 saturated heterocycles. The zero-order chi connectivity index (χ0) is 15.9. The van der Waals surface area contributed by atoms with Crippen LogP contribution in [0, 0.1) is 6.92 Å². The van der Waals surface area contributed by atoms with E-state index < -0.39 is 0 Å². The molecule has 0 radical (unpaired) electrons. The van der Waals surface area contributed by atoms with E-state index >= 15 is 0 Å². The molecule has 0 aromatic carbocycles. The lowest BCUT2D eigenvalue weighted by Gasteiger charge is -2.07. The predicted octanol–water partition coefficient (Wildman–Crippen LogP) is 3.12. The summed E-state index contributed by atoms with van der Waals surface area (Å²) in [5, 5.41) is 0.390. The molecule has 0 aliphatic rings. The second kappa shape index (κ2) is 7.70. The van der Waals surface area contributed by atoms with Crippen LogP contribution in [0.15, 0.2) is 24.4 Å². The average Bonchev–Trinajstić information content (AvgIpc) is 2.47. The second-order valence-corrected chi connectivity index (χ2v) is 4.86. The highest BCUT2D eigenvalue weighted by atomic mass is 35.5. The zero-order valence-electron chi connectivity index (χ0n) is 12.4. The minimum Gasteiger partial charge on any atom is -0.466 e. The highest BCUT2D eigenvalue weighted by Crippen LogP contribution is 2.20. The van der Waals surface area contributed by atoms with Crippen LogP contribution in [0.2, 0.25) is 5.15 Å². The van der Waals surface area contributed by atoms with Crippen molar-refractivity contribution in [1.29, 1.82) is 0 Å². The maximum Gasteiger partial charge on any atom is 0.306 e. The molecular formula is C15H16ClN3O3. The number of carbonyl (C=O) groups excluding carboxylic acids is 1.